The molecule has 5 atom stereocenters. The van der Waals surface area contributed by atoms with Crippen LogP contribution in [0.25, 0.3) is 0 Å². The number of rotatable bonds is 18. The molecule has 0 rings (SSSR count). The summed E-state index contributed by atoms with van der Waals surface area (Å²) in [6.45, 7) is 14.3. The molecule has 0 heterocycles. The van der Waals surface area contributed by atoms with Crippen LogP contribution in [0.15, 0.2) is 0 Å². The highest BCUT2D eigenvalue weighted by atomic mass is 16.4. The van der Waals surface area contributed by atoms with Crippen molar-refractivity contribution in [3.05, 3.63) is 0 Å². The molecule has 0 radical (unpaired) electrons. The first-order chi connectivity index (χ1) is 18.3. The molecule has 0 aromatic heterocycles. The van der Waals surface area contributed by atoms with Crippen LogP contribution in [0.2, 0.25) is 0 Å². The van der Waals surface area contributed by atoms with Gasteiger partial charge in [0.25, 0.3) is 0 Å². The molecule has 40 heavy (non-hydrogen) atoms. The molecular formula is C27H49N5O8. The van der Waals surface area contributed by atoms with Gasteiger partial charge in [-0.15, -0.1) is 0 Å². The van der Waals surface area contributed by atoms with Crippen LogP contribution in [0.4, 0.5) is 0 Å². The van der Waals surface area contributed by atoms with Crippen molar-refractivity contribution in [2.75, 3.05) is 0 Å². The highest BCUT2D eigenvalue weighted by molar-refractivity contribution is 5.96. The van der Waals surface area contributed by atoms with E-state index in [1.165, 1.54) is 0 Å². The number of hydrogen-bond donors (Lipinski definition) is 7. The van der Waals surface area contributed by atoms with Crippen LogP contribution in [0.1, 0.15) is 81.1 Å². The first-order valence-electron chi connectivity index (χ1n) is 13.8. The Morgan fingerprint density at radius 3 is 1.43 bits per heavy atom. The smallest absolute Gasteiger partial charge is 0.326 e. The number of nitrogens with one attached hydrogen (secondary N) is 4. The van der Waals surface area contributed by atoms with E-state index in [2.05, 4.69) is 21.3 Å². The second-order valence-corrected chi connectivity index (χ2v) is 11.8. The molecule has 0 bridgehead atoms. The SMILES string of the molecule is CC(C)C[C@@H](N)C(=O)N[C@H](C(=O)N[C@@H](CC(=O)O)C(=O)N[C@H](CC(C)C)C(=O)N[C@@H](CC(C)C)C(=O)O)C(C)C. The van der Waals surface area contributed by atoms with Gasteiger partial charge in [-0.3, -0.25) is 24.0 Å². The van der Waals surface area contributed by atoms with Gasteiger partial charge in [0, 0.05) is 0 Å². The minimum atomic E-state index is -1.57. The first-order valence-corrected chi connectivity index (χ1v) is 13.8. The van der Waals surface area contributed by atoms with Crippen molar-refractivity contribution in [3.63, 3.8) is 0 Å². The maximum Gasteiger partial charge on any atom is 0.326 e. The largest absolute Gasteiger partial charge is 0.481 e. The maximum absolute atomic E-state index is 13.2. The number of amides is 4. The van der Waals surface area contributed by atoms with Crippen molar-refractivity contribution in [2.45, 2.75) is 111 Å². The Bertz CT molecular complexity index is 890. The van der Waals surface area contributed by atoms with Crippen LogP contribution in [-0.2, 0) is 28.8 Å². The summed E-state index contributed by atoms with van der Waals surface area (Å²) in [6, 6.07) is -5.87. The molecular weight excluding hydrogens is 522 g/mol. The average molecular weight is 572 g/mol. The summed E-state index contributed by atoms with van der Waals surface area (Å²) in [7, 11) is 0. The van der Waals surface area contributed by atoms with Crippen molar-refractivity contribution < 1.29 is 39.0 Å². The summed E-state index contributed by atoms with van der Waals surface area (Å²) >= 11 is 0. The number of hydrogen-bond acceptors (Lipinski definition) is 7. The molecule has 230 valence electrons. The van der Waals surface area contributed by atoms with Crippen LogP contribution >= 0.6 is 0 Å². The van der Waals surface area contributed by atoms with Gasteiger partial charge in [-0.25, -0.2) is 4.79 Å². The Balaban J connectivity index is 5.81. The van der Waals surface area contributed by atoms with Crippen LogP contribution in [0.3, 0.4) is 0 Å². The number of aliphatic carboxylic acids is 2. The fourth-order valence-corrected chi connectivity index (χ4v) is 4.00. The molecule has 13 heteroatoms. The highest BCUT2D eigenvalue weighted by Crippen LogP contribution is 2.11. The summed E-state index contributed by atoms with van der Waals surface area (Å²) < 4.78 is 0. The Kier molecular flexibility index (Phi) is 16.1. The minimum Gasteiger partial charge on any atom is -0.481 e. The number of carboxylic acids is 2. The number of carbonyl (C=O) groups excluding carboxylic acids is 4. The van der Waals surface area contributed by atoms with E-state index in [0.717, 1.165) is 0 Å². The average Bonchev–Trinajstić information content (AvgIpc) is 2.79. The Hall–Kier alpha value is -3.22. The number of nitrogens with two attached hydrogens (primary N) is 1. The predicted molar refractivity (Wildman–Crippen MR) is 149 cm³/mol. The van der Waals surface area contributed by atoms with E-state index in [1.807, 2.05) is 13.8 Å². The normalized spacial score (nSPS) is 15.2. The zero-order valence-electron chi connectivity index (χ0n) is 24.9. The fourth-order valence-electron chi connectivity index (χ4n) is 4.00. The predicted octanol–water partition coefficient (Wildman–Crippen LogP) is 0.607. The lowest BCUT2D eigenvalue weighted by atomic mass is 9.99. The molecule has 0 fully saturated rings. The van der Waals surface area contributed by atoms with Gasteiger partial charge >= 0.3 is 11.9 Å². The Morgan fingerprint density at radius 1 is 0.575 bits per heavy atom. The zero-order valence-corrected chi connectivity index (χ0v) is 24.9. The Labute approximate surface area is 236 Å². The van der Waals surface area contributed by atoms with Gasteiger partial charge in [0.15, 0.2) is 0 Å². The molecule has 0 saturated carbocycles. The lowest BCUT2D eigenvalue weighted by Gasteiger charge is -2.28. The van der Waals surface area contributed by atoms with Crippen LogP contribution < -0.4 is 27.0 Å². The van der Waals surface area contributed by atoms with E-state index in [4.69, 9.17) is 5.73 Å². The maximum atomic E-state index is 13.2. The summed E-state index contributed by atoms with van der Waals surface area (Å²) in [5.74, 6) is -5.99. The second kappa shape index (κ2) is 17.5. The van der Waals surface area contributed by atoms with Gasteiger partial charge < -0.3 is 37.2 Å². The van der Waals surface area contributed by atoms with E-state index in [9.17, 15) is 39.0 Å². The van der Waals surface area contributed by atoms with Crippen molar-refractivity contribution in [1.82, 2.24) is 21.3 Å². The van der Waals surface area contributed by atoms with Crippen LogP contribution in [0, 0.1) is 23.7 Å². The standard InChI is InChI=1S/C27H49N5O8/c1-13(2)9-17(28)23(35)32-22(16(7)8)26(38)30-19(12-21(33)34)25(37)29-18(10-14(3)4)24(36)31-20(27(39)40)11-15(5)6/h13-20,22H,9-12,28H2,1-8H3,(H,29,37)(H,30,38)(H,31,36)(H,32,35)(H,33,34)(H,39,40)/t17-,18-,19+,20+,22+/m1/s1. The summed E-state index contributed by atoms with van der Waals surface area (Å²) in [5.41, 5.74) is 5.92. The number of carbonyl (C=O) groups is 6. The molecule has 0 unspecified atom stereocenters. The molecule has 8 N–H and O–H groups in total. The van der Waals surface area contributed by atoms with Gasteiger partial charge in [-0.1, -0.05) is 55.4 Å². The van der Waals surface area contributed by atoms with E-state index >= 15 is 0 Å². The summed E-state index contributed by atoms with van der Waals surface area (Å²) in [4.78, 5) is 74.9. The molecule has 4 amide bonds. The fraction of sp³-hybridized carbons (Fsp3) is 0.778. The van der Waals surface area contributed by atoms with Crippen molar-refractivity contribution in [2.24, 2.45) is 29.4 Å². The molecule has 13 nitrogen and oxygen atoms in total. The van der Waals surface area contributed by atoms with Gasteiger partial charge in [-0.2, -0.15) is 0 Å². The zero-order chi connectivity index (χ0) is 31.3. The third kappa shape index (κ3) is 14.2. The molecule has 0 spiro atoms. The Morgan fingerprint density at radius 2 is 1.00 bits per heavy atom. The van der Waals surface area contributed by atoms with Crippen LogP contribution in [0.5, 0.6) is 0 Å². The van der Waals surface area contributed by atoms with Gasteiger partial charge in [-0.05, 0) is 42.9 Å². The third-order valence-corrected chi connectivity index (χ3v) is 5.98. The summed E-state index contributed by atoms with van der Waals surface area (Å²) in [5, 5.41) is 28.8. The van der Waals surface area contributed by atoms with E-state index in [1.54, 1.807) is 41.5 Å². The lowest BCUT2D eigenvalue weighted by Crippen LogP contribution is -2.59. The van der Waals surface area contributed by atoms with E-state index in [0.29, 0.717) is 6.42 Å². The first kappa shape index (κ1) is 36.8. The van der Waals surface area contributed by atoms with E-state index in [-0.39, 0.29) is 30.6 Å². The van der Waals surface area contributed by atoms with E-state index < -0.39 is 78.1 Å². The molecule has 0 aliphatic heterocycles. The van der Waals surface area contributed by atoms with Gasteiger partial charge in [0.1, 0.15) is 24.2 Å². The lowest BCUT2D eigenvalue weighted by molar-refractivity contribution is -0.143. The van der Waals surface area contributed by atoms with Gasteiger partial charge in [0.2, 0.25) is 23.6 Å². The molecule has 0 aromatic rings. The second-order valence-electron chi connectivity index (χ2n) is 11.8. The quantitative estimate of drug-likeness (QED) is 0.122. The topological polar surface area (TPSA) is 217 Å². The van der Waals surface area contributed by atoms with Gasteiger partial charge in [0.05, 0.1) is 12.5 Å². The number of carboxylic acid groups (broad SMARTS) is 2. The van der Waals surface area contributed by atoms with Crippen LogP contribution in [-0.4, -0.2) is 76.0 Å². The monoisotopic (exact) mass is 571 g/mol. The molecule has 0 aliphatic carbocycles. The van der Waals surface area contributed by atoms with Crippen molar-refractivity contribution >= 4 is 35.6 Å². The molecule has 0 saturated heterocycles. The van der Waals surface area contributed by atoms with Crippen molar-refractivity contribution in [1.29, 1.82) is 0 Å². The summed E-state index contributed by atoms with van der Waals surface area (Å²) in [6.07, 6.45) is -0.0895. The minimum absolute atomic E-state index is 0.0241. The molecule has 0 aromatic carbocycles. The van der Waals surface area contributed by atoms with Crippen molar-refractivity contribution in [3.8, 4) is 0 Å². The molecule has 0 aliphatic rings. The third-order valence-electron chi connectivity index (χ3n) is 5.98. The highest BCUT2D eigenvalue weighted by Gasteiger charge is 2.34.